The lowest BCUT2D eigenvalue weighted by Crippen LogP contribution is -2.38. The van der Waals surface area contributed by atoms with Crippen molar-refractivity contribution >= 4 is 64.2 Å². The molecular weight excluding hydrogens is 676 g/mol. The first-order valence-electron chi connectivity index (χ1n) is 17.6. The minimum Gasteiger partial charge on any atom is -0.366 e. The summed E-state index contributed by atoms with van der Waals surface area (Å²) in [7, 11) is 0. The Morgan fingerprint density at radius 1 is 0.811 bits per heavy atom. The third-order valence-electron chi connectivity index (χ3n) is 9.73. The molecule has 6 N–H and O–H groups in total. The van der Waals surface area contributed by atoms with Crippen LogP contribution in [0.25, 0.3) is 11.0 Å². The standard InChI is InChI=1S/C37H40N12O4/c1-5-47-30(15-20(3)44-47)34(52)42-36-40-26-17-23(32(38)50)9-13-28(26)46(36)19-22-7-11-25(12-8-22)49-29-14-10-24(33(39)51)18-27(29)41-37(49)43-35(53)31-16-21(4)45-48(31)6-2/h9-10,13-19,22,25H,5-8,11-12H2,1-4H3,(H5-,38,39,40,41,42,43,50,51,52,53)/p+1/b46-19-. The van der Waals surface area contributed by atoms with Crippen LogP contribution in [0.5, 0.6) is 0 Å². The molecule has 5 aromatic rings. The van der Waals surface area contributed by atoms with Gasteiger partial charge in [0, 0.05) is 36.2 Å². The summed E-state index contributed by atoms with van der Waals surface area (Å²) in [5, 5.41) is 14.8. The Kier molecular flexibility index (Phi) is 9.19. The predicted molar refractivity (Wildman–Crippen MR) is 198 cm³/mol. The molecule has 1 aliphatic carbocycles. The minimum atomic E-state index is -0.573. The topological polar surface area (TPSA) is 213 Å². The van der Waals surface area contributed by atoms with Crippen LogP contribution in [-0.4, -0.2) is 69.5 Å². The number of anilines is 1. The van der Waals surface area contributed by atoms with E-state index in [-0.39, 0.29) is 23.8 Å². The van der Waals surface area contributed by atoms with Gasteiger partial charge in [-0.2, -0.15) is 10.2 Å². The average molecular weight is 718 g/mol. The van der Waals surface area contributed by atoms with Gasteiger partial charge in [0.2, 0.25) is 17.8 Å². The number of rotatable bonds is 9. The molecule has 0 spiro atoms. The van der Waals surface area contributed by atoms with E-state index in [2.05, 4.69) is 27.0 Å². The molecule has 272 valence electrons. The van der Waals surface area contributed by atoms with Gasteiger partial charge in [0.05, 0.1) is 28.6 Å². The Bertz CT molecular complexity index is 2370. The molecule has 0 unspecified atom stereocenters. The summed E-state index contributed by atoms with van der Waals surface area (Å²) in [5.41, 5.74) is 16.6. The molecule has 0 atom stereocenters. The summed E-state index contributed by atoms with van der Waals surface area (Å²) in [6.07, 6.45) is 5.10. The first kappa shape index (κ1) is 35.0. The van der Waals surface area contributed by atoms with Crippen molar-refractivity contribution < 1.29 is 23.8 Å². The van der Waals surface area contributed by atoms with Gasteiger partial charge in [0.15, 0.2) is 5.69 Å². The molecule has 3 aromatic heterocycles. The van der Waals surface area contributed by atoms with Crippen molar-refractivity contribution in [3.8, 4) is 0 Å². The molecule has 2 aromatic carbocycles. The molecule has 4 amide bonds. The Morgan fingerprint density at radius 2 is 1.40 bits per heavy atom. The molecule has 0 bridgehead atoms. The molecule has 1 fully saturated rings. The largest absolute Gasteiger partial charge is 0.404 e. The van der Waals surface area contributed by atoms with Gasteiger partial charge in [-0.1, -0.05) is 4.99 Å². The quantitative estimate of drug-likeness (QED) is 0.164. The molecule has 1 saturated carbocycles. The first-order valence-corrected chi connectivity index (χ1v) is 17.6. The van der Waals surface area contributed by atoms with Gasteiger partial charge in [0.1, 0.15) is 17.1 Å². The molecule has 53 heavy (non-hydrogen) atoms. The van der Waals surface area contributed by atoms with Gasteiger partial charge in [-0.15, -0.1) is 0 Å². The predicted octanol–water partition coefficient (Wildman–Crippen LogP) is 4.11. The number of nitrogens with one attached hydrogen (secondary N) is 2. The molecule has 2 aliphatic rings. The summed E-state index contributed by atoms with van der Waals surface area (Å²) in [5.74, 6) is -1.05. The zero-order valence-electron chi connectivity index (χ0n) is 30.0. The monoisotopic (exact) mass is 717 g/mol. The van der Waals surface area contributed by atoms with Gasteiger partial charge >= 0.3 is 11.9 Å². The number of aryl methyl sites for hydroxylation is 4. The molecule has 4 heterocycles. The number of fused-ring (bicyclic) bond motifs is 2. The smallest absolute Gasteiger partial charge is 0.366 e. The minimum absolute atomic E-state index is 0.0217. The Hall–Kier alpha value is -6.45. The van der Waals surface area contributed by atoms with Crippen LogP contribution in [0, 0.1) is 19.8 Å². The summed E-state index contributed by atoms with van der Waals surface area (Å²) in [4.78, 5) is 60.5. The summed E-state index contributed by atoms with van der Waals surface area (Å²) < 4.78 is 7.19. The van der Waals surface area contributed by atoms with Crippen molar-refractivity contribution in [2.45, 2.75) is 72.5 Å². The van der Waals surface area contributed by atoms with E-state index in [0.717, 1.165) is 42.6 Å². The SMILES string of the molecule is CCn1nc(C)cc1C(=O)NC1=Nc2cc(C(N)=O)ccc2/[N+]1=C/C1CCC(n2c(NC(=O)c3cc(C)nn3CC)nc3cc(C(N)=O)ccc32)CC1. The maximum Gasteiger partial charge on any atom is 0.404 e. The molecular formula is C37H41N12O4+. The van der Waals surface area contributed by atoms with Crippen molar-refractivity contribution in [2.24, 2.45) is 22.4 Å². The van der Waals surface area contributed by atoms with Crippen molar-refractivity contribution in [3.05, 3.63) is 82.4 Å². The highest BCUT2D eigenvalue weighted by Crippen LogP contribution is 2.39. The summed E-state index contributed by atoms with van der Waals surface area (Å²) >= 11 is 0. The highest BCUT2D eigenvalue weighted by molar-refractivity contribution is 6.06. The second-order valence-corrected chi connectivity index (χ2v) is 13.3. The maximum absolute atomic E-state index is 13.6. The van der Waals surface area contributed by atoms with Crippen LogP contribution in [0.15, 0.2) is 53.5 Å². The average Bonchev–Trinajstić information content (AvgIpc) is 3.90. The molecule has 16 heteroatoms. The molecule has 0 radical (unpaired) electrons. The number of hydrogen-bond acceptors (Lipinski definition) is 8. The van der Waals surface area contributed by atoms with Gasteiger partial charge in [-0.25, -0.2) is 19.7 Å². The highest BCUT2D eigenvalue weighted by Gasteiger charge is 2.34. The van der Waals surface area contributed by atoms with E-state index in [1.165, 1.54) is 0 Å². The van der Waals surface area contributed by atoms with E-state index in [1.807, 2.05) is 42.9 Å². The number of carbonyl (C=O) groups is 4. The van der Waals surface area contributed by atoms with Crippen LogP contribution in [0.1, 0.15) is 98.7 Å². The Labute approximate surface area is 304 Å². The summed E-state index contributed by atoms with van der Waals surface area (Å²) in [6.45, 7) is 8.56. The molecule has 7 rings (SSSR count). The number of nitrogens with two attached hydrogens (primary N) is 2. The molecule has 16 nitrogen and oxygen atoms in total. The number of amides is 4. The van der Waals surface area contributed by atoms with Gasteiger partial charge in [0.25, 0.3) is 5.91 Å². The zero-order chi connectivity index (χ0) is 37.6. The van der Waals surface area contributed by atoms with E-state index in [9.17, 15) is 19.2 Å². The van der Waals surface area contributed by atoms with Gasteiger partial charge in [-0.3, -0.25) is 29.1 Å². The zero-order valence-corrected chi connectivity index (χ0v) is 30.0. The number of hydrogen-bond donors (Lipinski definition) is 4. The van der Waals surface area contributed by atoms with Crippen molar-refractivity contribution in [1.29, 1.82) is 0 Å². The number of guanidine groups is 1. The third-order valence-corrected chi connectivity index (χ3v) is 9.73. The lowest BCUT2D eigenvalue weighted by atomic mass is 9.86. The second-order valence-electron chi connectivity index (χ2n) is 13.3. The van der Waals surface area contributed by atoms with Gasteiger partial charge in [-0.05, 0) is 102 Å². The normalized spacial score (nSPS) is 17.5. The van der Waals surface area contributed by atoms with E-state index < -0.39 is 11.8 Å². The second kappa shape index (κ2) is 13.9. The number of benzene rings is 2. The highest BCUT2D eigenvalue weighted by atomic mass is 16.2. The van der Waals surface area contributed by atoms with Crippen molar-refractivity contribution in [2.75, 3.05) is 5.32 Å². The van der Waals surface area contributed by atoms with E-state index in [0.29, 0.717) is 64.4 Å². The fourth-order valence-corrected chi connectivity index (χ4v) is 7.19. The fourth-order valence-electron chi connectivity index (χ4n) is 7.19. The van der Waals surface area contributed by atoms with Crippen molar-refractivity contribution in [1.82, 2.24) is 34.4 Å². The van der Waals surface area contributed by atoms with Crippen LogP contribution in [0.2, 0.25) is 0 Å². The molecule has 1 aliphatic heterocycles. The van der Waals surface area contributed by atoms with E-state index in [4.69, 9.17) is 21.4 Å². The Morgan fingerprint density at radius 3 is 2.00 bits per heavy atom. The first-order chi connectivity index (χ1) is 25.4. The van der Waals surface area contributed by atoms with E-state index >= 15 is 0 Å². The van der Waals surface area contributed by atoms with Crippen molar-refractivity contribution in [3.63, 3.8) is 0 Å². The van der Waals surface area contributed by atoms with E-state index in [1.54, 1.807) is 51.8 Å². The lowest BCUT2D eigenvalue weighted by Gasteiger charge is -2.29. The van der Waals surface area contributed by atoms with Gasteiger partial charge < -0.3 is 16.0 Å². The van der Waals surface area contributed by atoms with Crippen LogP contribution in [0.3, 0.4) is 0 Å². The number of imidazole rings is 1. The van der Waals surface area contributed by atoms with Crippen LogP contribution in [-0.2, 0) is 13.1 Å². The third kappa shape index (κ3) is 6.70. The molecule has 0 saturated heterocycles. The summed E-state index contributed by atoms with van der Waals surface area (Å²) in [6, 6.07) is 13.6. The van der Waals surface area contributed by atoms with Crippen LogP contribution in [0.4, 0.5) is 17.3 Å². The fraction of sp³-hybridized carbons (Fsp3) is 0.324. The number of aromatic nitrogens is 6. The number of nitrogens with zero attached hydrogens (tertiary/aromatic N) is 8. The van der Waals surface area contributed by atoms with Crippen LogP contribution < -0.4 is 22.1 Å². The number of aliphatic imine (C=N–C) groups is 1. The maximum atomic E-state index is 13.6. The Balaban J connectivity index is 1.17. The lowest BCUT2D eigenvalue weighted by molar-refractivity contribution is -0.302. The number of primary amides is 2. The number of carbonyl (C=O) groups excluding carboxylic acids is 4. The van der Waals surface area contributed by atoms with Crippen LogP contribution >= 0.6 is 0 Å².